The Morgan fingerprint density at radius 2 is 1.95 bits per heavy atom. The second-order valence-corrected chi connectivity index (χ2v) is 5.24. The number of rotatable bonds is 3. The summed E-state index contributed by atoms with van der Waals surface area (Å²) in [6.07, 6.45) is 3.87. The molecule has 0 spiro atoms. The SMILES string of the molecule is Cc1ncc(CN2CCNC[C@@H]2c2ccccc2)cn1. The summed E-state index contributed by atoms with van der Waals surface area (Å²) in [4.78, 5) is 11.1. The Morgan fingerprint density at radius 3 is 2.70 bits per heavy atom. The highest BCUT2D eigenvalue weighted by atomic mass is 15.2. The lowest BCUT2D eigenvalue weighted by molar-refractivity contribution is 0.153. The lowest BCUT2D eigenvalue weighted by atomic mass is 10.0. The van der Waals surface area contributed by atoms with Crippen LogP contribution in [0.3, 0.4) is 0 Å². The molecule has 1 aromatic heterocycles. The first-order valence-corrected chi connectivity index (χ1v) is 7.10. The van der Waals surface area contributed by atoms with E-state index in [-0.39, 0.29) is 0 Å². The zero-order valence-corrected chi connectivity index (χ0v) is 11.8. The van der Waals surface area contributed by atoms with Gasteiger partial charge >= 0.3 is 0 Å². The van der Waals surface area contributed by atoms with Crippen LogP contribution in [0.15, 0.2) is 42.7 Å². The molecule has 0 bridgehead atoms. The summed E-state index contributed by atoms with van der Waals surface area (Å²) in [6, 6.07) is 11.1. The third kappa shape index (κ3) is 3.03. The Kier molecular flexibility index (Phi) is 4.04. The van der Waals surface area contributed by atoms with Crippen LogP contribution in [0.2, 0.25) is 0 Å². The second kappa shape index (κ2) is 6.11. The molecule has 2 aromatic rings. The van der Waals surface area contributed by atoms with Crippen molar-refractivity contribution >= 4 is 0 Å². The molecule has 0 amide bonds. The monoisotopic (exact) mass is 268 g/mol. The Balaban J connectivity index is 1.77. The number of nitrogens with zero attached hydrogens (tertiary/aromatic N) is 3. The molecule has 1 aliphatic rings. The van der Waals surface area contributed by atoms with Gasteiger partial charge in [0.15, 0.2) is 0 Å². The van der Waals surface area contributed by atoms with Crippen LogP contribution in [0, 0.1) is 6.92 Å². The number of hydrogen-bond donors (Lipinski definition) is 1. The Morgan fingerprint density at radius 1 is 1.20 bits per heavy atom. The van der Waals surface area contributed by atoms with E-state index in [1.807, 2.05) is 19.3 Å². The van der Waals surface area contributed by atoms with Crippen molar-refractivity contribution in [2.75, 3.05) is 19.6 Å². The van der Waals surface area contributed by atoms with E-state index in [0.717, 1.165) is 32.0 Å². The average Bonchev–Trinajstić information content (AvgIpc) is 2.51. The van der Waals surface area contributed by atoms with Crippen molar-refractivity contribution in [3.63, 3.8) is 0 Å². The first kappa shape index (κ1) is 13.2. The molecule has 104 valence electrons. The van der Waals surface area contributed by atoms with Crippen LogP contribution in [0.4, 0.5) is 0 Å². The van der Waals surface area contributed by atoms with Crippen LogP contribution in [-0.4, -0.2) is 34.5 Å². The van der Waals surface area contributed by atoms with E-state index < -0.39 is 0 Å². The van der Waals surface area contributed by atoms with E-state index in [1.165, 1.54) is 11.1 Å². The zero-order valence-electron chi connectivity index (χ0n) is 11.8. The molecule has 0 saturated carbocycles. The molecule has 1 N–H and O–H groups in total. The van der Waals surface area contributed by atoms with Crippen molar-refractivity contribution < 1.29 is 0 Å². The van der Waals surface area contributed by atoms with Gasteiger partial charge in [-0.15, -0.1) is 0 Å². The minimum absolute atomic E-state index is 0.422. The van der Waals surface area contributed by atoms with Crippen LogP contribution in [-0.2, 0) is 6.54 Å². The van der Waals surface area contributed by atoms with Crippen molar-refractivity contribution in [1.82, 2.24) is 20.2 Å². The summed E-state index contributed by atoms with van der Waals surface area (Å²) in [5, 5.41) is 3.49. The Labute approximate surface area is 119 Å². The van der Waals surface area contributed by atoms with E-state index >= 15 is 0 Å². The highest BCUT2D eigenvalue weighted by Gasteiger charge is 2.23. The van der Waals surface area contributed by atoms with E-state index in [2.05, 4.69) is 50.5 Å². The summed E-state index contributed by atoms with van der Waals surface area (Å²) in [7, 11) is 0. The molecule has 2 heterocycles. The molecule has 1 fully saturated rings. The van der Waals surface area contributed by atoms with Gasteiger partial charge in [0.2, 0.25) is 0 Å². The van der Waals surface area contributed by atoms with Gasteiger partial charge in [0.25, 0.3) is 0 Å². The predicted molar refractivity (Wildman–Crippen MR) is 79.2 cm³/mol. The summed E-state index contributed by atoms with van der Waals surface area (Å²) in [5.41, 5.74) is 2.55. The Hall–Kier alpha value is -1.78. The van der Waals surface area contributed by atoms with Crippen LogP contribution in [0.5, 0.6) is 0 Å². The summed E-state index contributed by atoms with van der Waals surface area (Å²) in [5.74, 6) is 0.827. The van der Waals surface area contributed by atoms with Gasteiger partial charge in [0, 0.05) is 50.2 Å². The molecule has 20 heavy (non-hydrogen) atoms. The Bertz CT molecular complexity index is 538. The van der Waals surface area contributed by atoms with Crippen LogP contribution >= 0.6 is 0 Å². The number of piperazine rings is 1. The van der Waals surface area contributed by atoms with Crippen molar-refractivity contribution in [1.29, 1.82) is 0 Å². The normalized spacial score (nSPS) is 19.9. The van der Waals surface area contributed by atoms with Gasteiger partial charge in [-0.3, -0.25) is 4.90 Å². The molecular formula is C16H20N4. The average molecular weight is 268 g/mol. The molecular weight excluding hydrogens is 248 g/mol. The molecule has 0 radical (unpaired) electrons. The van der Waals surface area contributed by atoms with Gasteiger partial charge in [-0.2, -0.15) is 0 Å². The molecule has 0 unspecified atom stereocenters. The smallest absolute Gasteiger partial charge is 0.125 e. The first-order valence-electron chi connectivity index (χ1n) is 7.10. The van der Waals surface area contributed by atoms with Crippen LogP contribution < -0.4 is 5.32 Å². The summed E-state index contributed by atoms with van der Waals surface area (Å²) >= 11 is 0. The third-order valence-corrected chi connectivity index (χ3v) is 3.76. The summed E-state index contributed by atoms with van der Waals surface area (Å²) < 4.78 is 0. The van der Waals surface area contributed by atoms with Gasteiger partial charge in [-0.05, 0) is 12.5 Å². The minimum atomic E-state index is 0.422. The lowest BCUT2D eigenvalue weighted by Crippen LogP contribution is -2.45. The fourth-order valence-electron chi connectivity index (χ4n) is 2.67. The summed E-state index contributed by atoms with van der Waals surface area (Å²) in [6.45, 7) is 5.91. The van der Waals surface area contributed by atoms with E-state index in [9.17, 15) is 0 Å². The van der Waals surface area contributed by atoms with Crippen molar-refractivity contribution in [3.05, 3.63) is 59.7 Å². The van der Waals surface area contributed by atoms with Crippen molar-refractivity contribution in [3.8, 4) is 0 Å². The zero-order chi connectivity index (χ0) is 13.8. The molecule has 4 heteroatoms. The first-order chi connectivity index (χ1) is 9.83. The van der Waals surface area contributed by atoms with Gasteiger partial charge < -0.3 is 5.32 Å². The molecule has 3 rings (SSSR count). The molecule has 1 saturated heterocycles. The van der Waals surface area contributed by atoms with Crippen molar-refractivity contribution in [2.45, 2.75) is 19.5 Å². The molecule has 1 atom stereocenters. The van der Waals surface area contributed by atoms with Gasteiger partial charge in [-0.1, -0.05) is 30.3 Å². The van der Waals surface area contributed by atoms with Gasteiger partial charge in [-0.25, -0.2) is 9.97 Å². The fourth-order valence-corrected chi connectivity index (χ4v) is 2.67. The fraction of sp³-hybridized carbons (Fsp3) is 0.375. The number of nitrogens with one attached hydrogen (secondary N) is 1. The molecule has 1 aromatic carbocycles. The minimum Gasteiger partial charge on any atom is -0.314 e. The quantitative estimate of drug-likeness (QED) is 0.923. The van der Waals surface area contributed by atoms with Gasteiger partial charge in [0.1, 0.15) is 5.82 Å². The highest BCUT2D eigenvalue weighted by molar-refractivity contribution is 5.20. The number of hydrogen-bond acceptors (Lipinski definition) is 4. The van der Waals surface area contributed by atoms with Crippen LogP contribution in [0.25, 0.3) is 0 Å². The van der Waals surface area contributed by atoms with Crippen LogP contribution in [0.1, 0.15) is 23.0 Å². The maximum absolute atomic E-state index is 4.29. The second-order valence-electron chi connectivity index (χ2n) is 5.24. The molecule has 0 aliphatic carbocycles. The van der Waals surface area contributed by atoms with E-state index in [4.69, 9.17) is 0 Å². The van der Waals surface area contributed by atoms with E-state index in [0.29, 0.717) is 6.04 Å². The lowest BCUT2D eigenvalue weighted by Gasteiger charge is -2.36. The topological polar surface area (TPSA) is 41.1 Å². The maximum atomic E-state index is 4.29. The number of benzene rings is 1. The number of aryl methyl sites for hydroxylation is 1. The van der Waals surface area contributed by atoms with Crippen molar-refractivity contribution in [2.24, 2.45) is 0 Å². The third-order valence-electron chi connectivity index (χ3n) is 3.76. The largest absolute Gasteiger partial charge is 0.314 e. The van der Waals surface area contributed by atoms with Gasteiger partial charge in [0.05, 0.1) is 0 Å². The maximum Gasteiger partial charge on any atom is 0.125 e. The molecule has 1 aliphatic heterocycles. The van der Waals surface area contributed by atoms with E-state index in [1.54, 1.807) is 0 Å². The number of aromatic nitrogens is 2. The standard InChI is InChI=1S/C16H20N4/c1-13-18-9-14(10-19-13)12-20-8-7-17-11-16(20)15-5-3-2-4-6-15/h2-6,9-10,16-17H,7-8,11-12H2,1H3/t16-/m1/s1. The molecule has 4 nitrogen and oxygen atoms in total. The highest BCUT2D eigenvalue weighted by Crippen LogP contribution is 2.23. The predicted octanol–water partition coefficient (Wildman–Crippen LogP) is 1.93.